The number of thioether (sulfide) groups is 1. The van der Waals surface area contributed by atoms with E-state index in [2.05, 4.69) is 17.2 Å². The quantitative estimate of drug-likeness (QED) is 0.622. The minimum atomic E-state index is -0.871. The number of benzene rings is 1. The summed E-state index contributed by atoms with van der Waals surface area (Å²) in [5, 5.41) is 12.2. The third-order valence-corrected chi connectivity index (χ3v) is 7.01. The first-order valence-electron chi connectivity index (χ1n) is 9.43. The van der Waals surface area contributed by atoms with Crippen LogP contribution in [0, 0.1) is 5.92 Å². The molecule has 8 heteroatoms. The highest BCUT2D eigenvalue weighted by atomic mass is 32.2. The first-order chi connectivity index (χ1) is 13.5. The lowest BCUT2D eigenvalue weighted by Gasteiger charge is -2.36. The fourth-order valence-corrected chi connectivity index (χ4v) is 4.96. The van der Waals surface area contributed by atoms with Crippen molar-refractivity contribution >= 4 is 40.2 Å². The predicted molar refractivity (Wildman–Crippen MR) is 113 cm³/mol. The number of hydrogen-bond donors (Lipinski definition) is 2. The van der Waals surface area contributed by atoms with Crippen molar-refractivity contribution in [3.63, 3.8) is 0 Å². The number of nitrogens with zero attached hydrogens (tertiary/aromatic N) is 2. The van der Waals surface area contributed by atoms with Gasteiger partial charge in [-0.25, -0.2) is 9.78 Å². The molecule has 2 N–H and O–H groups in total. The molecule has 1 aromatic heterocycles. The van der Waals surface area contributed by atoms with E-state index in [1.165, 1.54) is 23.1 Å². The maximum Gasteiger partial charge on any atom is 0.324 e. The Morgan fingerprint density at radius 3 is 2.64 bits per heavy atom. The third kappa shape index (κ3) is 5.97. The minimum absolute atomic E-state index is 0.0179. The highest BCUT2D eigenvalue weighted by Gasteiger charge is 2.28. The van der Waals surface area contributed by atoms with E-state index in [4.69, 9.17) is 5.11 Å². The van der Waals surface area contributed by atoms with Gasteiger partial charge in [0.05, 0.1) is 16.2 Å². The van der Waals surface area contributed by atoms with Gasteiger partial charge in [0.15, 0.2) is 5.13 Å². The lowest BCUT2D eigenvalue weighted by atomic mass is 9.86. The van der Waals surface area contributed by atoms with E-state index in [1.54, 1.807) is 6.20 Å². The Balaban J connectivity index is 1.68. The van der Waals surface area contributed by atoms with Gasteiger partial charge >= 0.3 is 12.0 Å². The van der Waals surface area contributed by atoms with Crippen molar-refractivity contribution in [1.82, 2.24) is 9.88 Å². The summed E-state index contributed by atoms with van der Waals surface area (Å²) in [6, 6.07) is 10.1. The molecule has 0 atom stereocenters. The van der Waals surface area contributed by atoms with Crippen LogP contribution in [0.5, 0.6) is 0 Å². The molecule has 28 heavy (non-hydrogen) atoms. The SMILES string of the molecule is CC1CCC(N(Cc2ccccc2)C(=O)Nc2ncc(SCC(=O)O)s2)CC1. The zero-order valence-corrected chi connectivity index (χ0v) is 17.5. The summed E-state index contributed by atoms with van der Waals surface area (Å²) in [5.74, 6) is -0.175. The Bertz CT molecular complexity index is 789. The average molecular weight is 420 g/mol. The normalized spacial score (nSPS) is 19.2. The fraction of sp³-hybridized carbons (Fsp3) is 0.450. The first-order valence-corrected chi connectivity index (χ1v) is 11.2. The molecule has 6 nitrogen and oxygen atoms in total. The van der Waals surface area contributed by atoms with Crippen LogP contribution in [0.1, 0.15) is 38.2 Å². The number of aliphatic carboxylic acids is 1. The number of carboxylic acids is 1. The van der Waals surface area contributed by atoms with E-state index in [9.17, 15) is 9.59 Å². The van der Waals surface area contributed by atoms with Crippen LogP contribution in [-0.4, -0.2) is 38.8 Å². The molecule has 2 amide bonds. The molecule has 0 unspecified atom stereocenters. The molecule has 0 bridgehead atoms. The number of nitrogens with one attached hydrogen (secondary N) is 1. The van der Waals surface area contributed by atoms with Gasteiger partial charge in [0.1, 0.15) is 0 Å². The maximum absolute atomic E-state index is 13.1. The number of amides is 2. The van der Waals surface area contributed by atoms with Gasteiger partial charge in [-0.2, -0.15) is 0 Å². The topological polar surface area (TPSA) is 82.5 Å². The fourth-order valence-electron chi connectivity index (χ4n) is 3.38. The van der Waals surface area contributed by atoms with Crippen molar-refractivity contribution < 1.29 is 14.7 Å². The van der Waals surface area contributed by atoms with Gasteiger partial charge in [-0.05, 0) is 37.2 Å². The zero-order chi connectivity index (χ0) is 19.9. The standard InChI is InChI=1S/C20H25N3O3S2/c1-14-7-9-16(10-8-14)23(12-15-5-3-2-4-6-15)20(26)22-19-21-11-18(28-19)27-13-17(24)25/h2-6,11,14,16H,7-10,12-13H2,1H3,(H,24,25)(H,21,22,26). The highest BCUT2D eigenvalue weighted by Crippen LogP contribution is 2.31. The molecule has 1 heterocycles. The molecular formula is C20H25N3O3S2. The van der Waals surface area contributed by atoms with Gasteiger partial charge in [0.2, 0.25) is 0 Å². The van der Waals surface area contributed by atoms with Crippen molar-refractivity contribution in [2.75, 3.05) is 11.1 Å². The number of thiazole rings is 1. The van der Waals surface area contributed by atoms with Crippen molar-refractivity contribution in [1.29, 1.82) is 0 Å². The largest absolute Gasteiger partial charge is 0.481 e. The van der Waals surface area contributed by atoms with Crippen LogP contribution in [0.3, 0.4) is 0 Å². The Morgan fingerprint density at radius 2 is 1.96 bits per heavy atom. The number of urea groups is 1. The summed E-state index contributed by atoms with van der Waals surface area (Å²) in [5.41, 5.74) is 1.10. The van der Waals surface area contributed by atoms with E-state index in [0.29, 0.717) is 17.6 Å². The molecule has 1 aliphatic carbocycles. The van der Waals surface area contributed by atoms with Gasteiger partial charge in [-0.3, -0.25) is 10.1 Å². The van der Waals surface area contributed by atoms with Crippen LogP contribution in [0.15, 0.2) is 40.7 Å². The van der Waals surface area contributed by atoms with E-state index in [-0.39, 0.29) is 17.8 Å². The molecule has 0 saturated heterocycles. The molecule has 1 fully saturated rings. The third-order valence-electron chi connectivity index (χ3n) is 4.92. The van der Waals surface area contributed by atoms with Gasteiger partial charge in [0, 0.05) is 12.6 Å². The number of rotatable bonds is 7. The molecule has 150 valence electrons. The summed E-state index contributed by atoms with van der Waals surface area (Å²) in [7, 11) is 0. The predicted octanol–water partition coefficient (Wildman–Crippen LogP) is 4.93. The monoisotopic (exact) mass is 419 g/mol. The molecular weight excluding hydrogens is 394 g/mol. The second-order valence-corrected chi connectivity index (χ2v) is 9.43. The van der Waals surface area contributed by atoms with Crippen molar-refractivity contribution in [2.24, 2.45) is 5.92 Å². The summed E-state index contributed by atoms with van der Waals surface area (Å²) in [4.78, 5) is 29.9. The molecule has 1 saturated carbocycles. The molecule has 3 rings (SSSR count). The Labute approximate surface area is 173 Å². The van der Waals surface area contributed by atoms with Gasteiger partial charge in [-0.1, -0.05) is 48.6 Å². The average Bonchev–Trinajstić information content (AvgIpc) is 3.13. The lowest BCUT2D eigenvalue weighted by Crippen LogP contribution is -2.44. The maximum atomic E-state index is 13.1. The smallest absolute Gasteiger partial charge is 0.324 e. The first kappa shape index (κ1) is 20.7. The second-order valence-electron chi connectivity index (χ2n) is 7.12. The van der Waals surface area contributed by atoms with Crippen LogP contribution in [-0.2, 0) is 11.3 Å². The highest BCUT2D eigenvalue weighted by molar-refractivity contribution is 8.01. The van der Waals surface area contributed by atoms with E-state index in [0.717, 1.165) is 35.5 Å². The Kier molecular flexibility index (Phi) is 7.33. The van der Waals surface area contributed by atoms with Crippen molar-refractivity contribution in [2.45, 2.75) is 49.4 Å². The van der Waals surface area contributed by atoms with Crippen LogP contribution in [0.4, 0.5) is 9.93 Å². The Hall–Kier alpha value is -2.06. The molecule has 0 spiro atoms. The van der Waals surface area contributed by atoms with Gasteiger partial charge < -0.3 is 10.0 Å². The van der Waals surface area contributed by atoms with Crippen LogP contribution in [0.25, 0.3) is 0 Å². The van der Waals surface area contributed by atoms with Crippen molar-refractivity contribution in [3.8, 4) is 0 Å². The Morgan fingerprint density at radius 1 is 1.25 bits per heavy atom. The summed E-state index contributed by atoms with van der Waals surface area (Å²) >= 11 is 2.51. The van der Waals surface area contributed by atoms with Gasteiger partial charge in [-0.15, -0.1) is 11.8 Å². The number of hydrogen-bond acceptors (Lipinski definition) is 5. The van der Waals surface area contributed by atoms with E-state index < -0.39 is 5.97 Å². The molecule has 0 aliphatic heterocycles. The molecule has 1 aliphatic rings. The zero-order valence-electron chi connectivity index (χ0n) is 15.8. The minimum Gasteiger partial charge on any atom is -0.481 e. The van der Waals surface area contributed by atoms with Crippen molar-refractivity contribution in [3.05, 3.63) is 42.1 Å². The van der Waals surface area contributed by atoms with E-state index in [1.807, 2.05) is 35.2 Å². The number of carbonyl (C=O) groups excluding carboxylic acids is 1. The van der Waals surface area contributed by atoms with Gasteiger partial charge in [0.25, 0.3) is 0 Å². The molecule has 2 aromatic rings. The van der Waals surface area contributed by atoms with Crippen LogP contribution >= 0.6 is 23.1 Å². The lowest BCUT2D eigenvalue weighted by molar-refractivity contribution is -0.133. The number of anilines is 1. The summed E-state index contributed by atoms with van der Waals surface area (Å²) in [6.45, 7) is 2.83. The molecule has 0 radical (unpaired) electrons. The van der Waals surface area contributed by atoms with E-state index >= 15 is 0 Å². The number of carboxylic acid groups (broad SMARTS) is 1. The van der Waals surface area contributed by atoms with Crippen LogP contribution < -0.4 is 5.32 Å². The summed E-state index contributed by atoms with van der Waals surface area (Å²) in [6.07, 6.45) is 5.91. The van der Waals surface area contributed by atoms with Crippen LogP contribution in [0.2, 0.25) is 0 Å². The summed E-state index contributed by atoms with van der Waals surface area (Å²) < 4.78 is 0.777. The number of carbonyl (C=O) groups is 2. The number of aromatic nitrogens is 1. The second kappa shape index (κ2) is 9.93. The molecule has 1 aromatic carbocycles.